The Morgan fingerprint density at radius 3 is 2.36 bits per heavy atom. The maximum absolute atomic E-state index is 12.2. The molecular weight excluding hydrogens is 340 g/mol. The van der Waals surface area contributed by atoms with Crippen LogP contribution in [0.2, 0.25) is 0 Å². The molecule has 1 N–H and O–H groups in total. The Balaban J connectivity index is 1.74. The molecule has 7 heteroatoms. The summed E-state index contributed by atoms with van der Waals surface area (Å²) in [5.41, 5.74) is 1.06. The van der Waals surface area contributed by atoms with Crippen LogP contribution in [0.25, 0.3) is 0 Å². The van der Waals surface area contributed by atoms with Crippen molar-refractivity contribution in [1.29, 1.82) is 0 Å². The number of likely N-dealkylation sites (tertiary alicyclic amines) is 1. The number of esters is 1. The van der Waals surface area contributed by atoms with Gasteiger partial charge in [-0.3, -0.25) is 0 Å². The summed E-state index contributed by atoms with van der Waals surface area (Å²) in [4.78, 5) is 13.8. The molecule has 1 fully saturated rings. The minimum atomic E-state index is -3.37. The van der Waals surface area contributed by atoms with Crippen LogP contribution in [0.3, 0.4) is 0 Å². The van der Waals surface area contributed by atoms with Gasteiger partial charge in [-0.15, -0.1) is 0 Å². The number of carbonyl (C=O) groups excluding carboxylic acids is 1. The molecule has 0 aliphatic carbocycles. The third-order valence-corrected chi connectivity index (χ3v) is 5.76. The zero-order chi connectivity index (χ0) is 18.1. The van der Waals surface area contributed by atoms with Crippen molar-refractivity contribution in [3.05, 3.63) is 35.4 Å². The summed E-state index contributed by atoms with van der Waals surface area (Å²) < 4.78 is 31.6. The Hall–Kier alpha value is -1.44. The van der Waals surface area contributed by atoms with E-state index >= 15 is 0 Å². The van der Waals surface area contributed by atoms with Crippen LogP contribution in [-0.2, 0) is 20.5 Å². The predicted molar refractivity (Wildman–Crippen MR) is 97.9 cm³/mol. The van der Waals surface area contributed by atoms with Gasteiger partial charge in [-0.25, -0.2) is 17.9 Å². The molecule has 0 aromatic heterocycles. The lowest BCUT2D eigenvalue weighted by molar-refractivity contribution is 0.0600. The van der Waals surface area contributed by atoms with Gasteiger partial charge >= 0.3 is 5.97 Å². The summed E-state index contributed by atoms with van der Waals surface area (Å²) >= 11 is 0. The summed E-state index contributed by atoms with van der Waals surface area (Å²) in [5.74, 6) is -0.515. The number of ether oxygens (including phenoxy) is 1. The average Bonchev–Trinajstić information content (AvgIpc) is 2.87. The minimum absolute atomic E-state index is 0.0852. The molecule has 0 bridgehead atoms. The maximum atomic E-state index is 12.2. The molecule has 1 saturated heterocycles. The van der Waals surface area contributed by atoms with Gasteiger partial charge in [-0.1, -0.05) is 25.0 Å². The second-order valence-electron chi connectivity index (χ2n) is 6.45. The SMILES string of the molecule is COC(=O)c1ccc(CS(=O)(=O)NCCCN2CCCCCC2)cc1. The molecule has 0 spiro atoms. The fraction of sp³-hybridized carbons (Fsp3) is 0.611. The lowest BCUT2D eigenvalue weighted by Crippen LogP contribution is -2.31. The normalized spacial score (nSPS) is 16.4. The molecule has 2 rings (SSSR count). The highest BCUT2D eigenvalue weighted by atomic mass is 32.2. The van der Waals surface area contributed by atoms with Crippen molar-refractivity contribution < 1.29 is 17.9 Å². The fourth-order valence-electron chi connectivity index (χ4n) is 3.02. The second kappa shape index (κ2) is 9.89. The zero-order valence-electron chi connectivity index (χ0n) is 14.9. The van der Waals surface area contributed by atoms with Crippen molar-refractivity contribution in [2.75, 3.05) is 33.3 Å². The molecule has 0 radical (unpaired) electrons. The molecule has 1 aliphatic rings. The molecule has 0 saturated carbocycles. The first-order chi connectivity index (χ1) is 12.0. The smallest absolute Gasteiger partial charge is 0.337 e. The van der Waals surface area contributed by atoms with Gasteiger partial charge in [0.2, 0.25) is 10.0 Å². The third kappa shape index (κ3) is 7.13. The van der Waals surface area contributed by atoms with E-state index in [0.29, 0.717) is 17.7 Å². The van der Waals surface area contributed by atoms with Crippen LogP contribution in [0, 0.1) is 0 Å². The van der Waals surface area contributed by atoms with Gasteiger partial charge in [-0.05, 0) is 56.6 Å². The molecule has 0 amide bonds. The first-order valence-electron chi connectivity index (χ1n) is 8.87. The molecule has 1 heterocycles. The highest BCUT2D eigenvalue weighted by molar-refractivity contribution is 7.88. The van der Waals surface area contributed by atoms with Crippen LogP contribution in [0.1, 0.15) is 48.0 Å². The highest BCUT2D eigenvalue weighted by Crippen LogP contribution is 2.10. The summed E-state index contributed by atoms with van der Waals surface area (Å²) in [7, 11) is -2.05. The largest absolute Gasteiger partial charge is 0.465 e. The van der Waals surface area contributed by atoms with Crippen molar-refractivity contribution in [2.45, 2.75) is 37.9 Å². The average molecular weight is 368 g/mol. The first kappa shape index (κ1) is 19.9. The van der Waals surface area contributed by atoms with E-state index in [1.807, 2.05) is 0 Å². The van der Waals surface area contributed by atoms with E-state index in [9.17, 15) is 13.2 Å². The van der Waals surface area contributed by atoms with E-state index in [1.165, 1.54) is 32.8 Å². The molecule has 1 aromatic rings. The number of sulfonamides is 1. The van der Waals surface area contributed by atoms with Gasteiger partial charge in [0, 0.05) is 6.54 Å². The highest BCUT2D eigenvalue weighted by Gasteiger charge is 2.13. The van der Waals surface area contributed by atoms with E-state index in [1.54, 1.807) is 24.3 Å². The Labute approximate surface area is 150 Å². The Morgan fingerprint density at radius 2 is 1.76 bits per heavy atom. The van der Waals surface area contributed by atoms with E-state index < -0.39 is 16.0 Å². The second-order valence-corrected chi connectivity index (χ2v) is 8.26. The minimum Gasteiger partial charge on any atom is -0.465 e. The van der Waals surface area contributed by atoms with Gasteiger partial charge in [0.15, 0.2) is 0 Å². The van der Waals surface area contributed by atoms with E-state index in [0.717, 1.165) is 26.1 Å². The number of carbonyl (C=O) groups is 1. The Bertz CT molecular complexity index is 636. The summed E-state index contributed by atoms with van der Waals surface area (Å²) in [6.45, 7) is 3.65. The van der Waals surface area contributed by atoms with Crippen LogP contribution < -0.4 is 4.72 Å². The molecule has 140 valence electrons. The van der Waals surface area contributed by atoms with E-state index in [-0.39, 0.29) is 5.75 Å². The van der Waals surface area contributed by atoms with Gasteiger partial charge in [0.05, 0.1) is 18.4 Å². The number of rotatable bonds is 8. The van der Waals surface area contributed by atoms with Crippen LogP contribution >= 0.6 is 0 Å². The zero-order valence-corrected chi connectivity index (χ0v) is 15.7. The van der Waals surface area contributed by atoms with Gasteiger partial charge < -0.3 is 9.64 Å². The fourth-order valence-corrected chi connectivity index (χ4v) is 4.20. The summed E-state index contributed by atoms with van der Waals surface area (Å²) in [6.07, 6.45) is 5.91. The number of hydrogen-bond donors (Lipinski definition) is 1. The van der Waals surface area contributed by atoms with Crippen LogP contribution in [0.4, 0.5) is 0 Å². The molecule has 0 atom stereocenters. The molecular formula is C18H28N2O4S. The van der Waals surface area contributed by atoms with Crippen LogP contribution in [0.5, 0.6) is 0 Å². The topological polar surface area (TPSA) is 75.7 Å². The maximum Gasteiger partial charge on any atom is 0.337 e. The van der Waals surface area contributed by atoms with Gasteiger partial charge in [0.1, 0.15) is 0 Å². The lowest BCUT2D eigenvalue weighted by atomic mass is 10.1. The Morgan fingerprint density at radius 1 is 1.12 bits per heavy atom. The molecule has 6 nitrogen and oxygen atoms in total. The van der Waals surface area contributed by atoms with Crippen LogP contribution in [0.15, 0.2) is 24.3 Å². The summed E-state index contributed by atoms with van der Waals surface area (Å²) in [6, 6.07) is 6.44. The molecule has 1 aromatic carbocycles. The lowest BCUT2D eigenvalue weighted by Gasteiger charge is -2.19. The van der Waals surface area contributed by atoms with Crippen molar-refractivity contribution in [1.82, 2.24) is 9.62 Å². The van der Waals surface area contributed by atoms with Gasteiger partial charge in [0.25, 0.3) is 0 Å². The number of nitrogens with one attached hydrogen (secondary N) is 1. The van der Waals surface area contributed by atoms with Crippen molar-refractivity contribution in [3.63, 3.8) is 0 Å². The van der Waals surface area contributed by atoms with Crippen molar-refractivity contribution >= 4 is 16.0 Å². The van der Waals surface area contributed by atoms with Crippen molar-refractivity contribution in [2.24, 2.45) is 0 Å². The first-order valence-corrected chi connectivity index (χ1v) is 10.5. The van der Waals surface area contributed by atoms with E-state index in [4.69, 9.17) is 0 Å². The molecule has 0 unspecified atom stereocenters. The predicted octanol–water partition coefficient (Wildman–Crippen LogP) is 2.16. The number of methoxy groups -OCH3 is 1. The standard InChI is InChI=1S/C18H28N2O4S/c1-24-18(21)17-9-7-16(8-10-17)15-25(22,23)19-11-6-14-20-12-4-2-3-5-13-20/h7-10,19H,2-6,11-15H2,1H3. The van der Waals surface area contributed by atoms with Crippen LogP contribution in [-0.4, -0.2) is 52.6 Å². The van der Waals surface area contributed by atoms with Gasteiger partial charge in [-0.2, -0.15) is 0 Å². The monoisotopic (exact) mass is 368 g/mol. The van der Waals surface area contributed by atoms with Crippen molar-refractivity contribution in [3.8, 4) is 0 Å². The molecule has 1 aliphatic heterocycles. The molecule has 25 heavy (non-hydrogen) atoms. The third-order valence-electron chi connectivity index (χ3n) is 4.40. The number of hydrogen-bond acceptors (Lipinski definition) is 5. The quantitative estimate of drug-likeness (QED) is 0.562. The van der Waals surface area contributed by atoms with E-state index in [2.05, 4.69) is 14.4 Å². The summed E-state index contributed by atoms with van der Waals surface area (Å²) in [5, 5.41) is 0. The number of benzene rings is 1. The Kier molecular flexibility index (Phi) is 7.87. The number of nitrogens with zero attached hydrogens (tertiary/aromatic N) is 1.